The van der Waals surface area contributed by atoms with Crippen molar-refractivity contribution >= 4 is 29.3 Å². The molecule has 5 nitrogen and oxygen atoms in total. The molecule has 0 saturated carbocycles. The molecule has 0 aliphatic carbocycles. The molecule has 1 unspecified atom stereocenters. The van der Waals surface area contributed by atoms with Crippen molar-refractivity contribution in [3.05, 3.63) is 24.3 Å². The van der Waals surface area contributed by atoms with E-state index < -0.39 is 4.75 Å². The molecule has 1 fully saturated rings. The number of amides is 2. The molecule has 2 aliphatic heterocycles. The van der Waals surface area contributed by atoms with Crippen LogP contribution in [0, 0.1) is 0 Å². The van der Waals surface area contributed by atoms with E-state index in [0.717, 1.165) is 30.2 Å². The Balaban J connectivity index is 1.62. The largest absolute Gasteiger partial charge is 0.353 e. The van der Waals surface area contributed by atoms with Crippen molar-refractivity contribution in [2.75, 3.05) is 31.5 Å². The highest BCUT2D eigenvalue weighted by molar-refractivity contribution is 8.02. The van der Waals surface area contributed by atoms with E-state index in [2.05, 4.69) is 15.5 Å². The first-order valence-electron chi connectivity index (χ1n) is 7.70. The fraction of sp³-hybridized carbons (Fsp3) is 0.500. The summed E-state index contributed by atoms with van der Waals surface area (Å²) in [6.45, 7) is 5.34. The number of hydrogen-bond donors (Lipinski definition) is 2. The Kier molecular flexibility index (Phi) is 4.40. The number of anilines is 1. The lowest BCUT2D eigenvalue weighted by atomic mass is 10.1. The number of benzene rings is 1. The first kappa shape index (κ1) is 15.4. The highest BCUT2D eigenvalue weighted by atomic mass is 32.2. The zero-order valence-electron chi connectivity index (χ0n) is 12.7. The van der Waals surface area contributed by atoms with Gasteiger partial charge in [-0.3, -0.25) is 9.59 Å². The van der Waals surface area contributed by atoms with Crippen molar-refractivity contribution in [1.29, 1.82) is 0 Å². The quantitative estimate of drug-likeness (QED) is 0.829. The predicted molar refractivity (Wildman–Crippen MR) is 88.0 cm³/mol. The van der Waals surface area contributed by atoms with Crippen LogP contribution in [0.3, 0.4) is 0 Å². The van der Waals surface area contributed by atoms with Crippen molar-refractivity contribution in [3.8, 4) is 0 Å². The van der Waals surface area contributed by atoms with Crippen molar-refractivity contribution in [2.45, 2.75) is 29.4 Å². The van der Waals surface area contributed by atoms with Gasteiger partial charge in [0.15, 0.2) is 4.75 Å². The second kappa shape index (κ2) is 6.30. The van der Waals surface area contributed by atoms with E-state index in [0.29, 0.717) is 6.54 Å². The van der Waals surface area contributed by atoms with Gasteiger partial charge in [-0.15, -0.1) is 0 Å². The molecule has 0 aromatic heterocycles. The Morgan fingerprint density at radius 1 is 1.36 bits per heavy atom. The number of likely N-dealkylation sites (tertiary alicyclic amines) is 1. The molecule has 0 spiro atoms. The number of nitrogens with one attached hydrogen (secondary N) is 2. The minimum atomic E-state index is -1.11. The Hall–Kier alpha value is -1.53. The summed E-state index contributed by atoms with van der Waals surface area (Å²) in [7, 11) is 0. The van der Waals surface area contributed by atoms with Crippen molar-refractivity contribution in [2.24, 2.45) is 0 Å². The van der Waals surface area contributed by atoms with Gasteiger partial charge in [-0.2, -0.15) is 0 Å². The molecule has 1 aromatic carbocycles. The molecule has 3 rings (SSSR count). The smallest absolute Gasteiger partial charge is 0.250 e. The normalized spacial score (nSPS) is 24.7. The van der Waals surface area contributed by atoms with Crippen LogP contribution in [0.5, 0.6) is 0 Å². The van der Waals surface area contributed by atoms with Crippen LogP contribution in [-0.2, 0) is 9.59 Å². The molecular weight excluding hydrogens is 298 g/mol. The van der Waals surface area contributed by atoms with Crippen LogP contribution >= 0.6 is 11.8 Å². The summed E-state index contributed by atoms with van der Waals surface area (Å²) in [4.78, 5) is 28.1. The van der Waals surface area contributed by atoms with E-state index in [-0.39, 0.29) is 11.8 Å². The zero-order valence-corrected chi connectivity index (χ0v) is 13.5. The predicted octanol–water partition coefficient (Wildman–Crippen LogP) is 1.70. The lowest BCUT2D eigenvalue weighted by molar-refractivity contribution is -0.129. The van der Waals surface area contributed by atoms with E-state index in [9.17, 15) is 9.59 Å². The van der Waals surface area contributed by atoms with E-state index >= 15 is 0 Å². The number of carbonyl (C=O) groups is 2. The lowest BCUT2D eigenvalue weighted by Gasteiger charge is -2.32. The summed E-state index contributed by atoms with van der Waals surface area (Å²) in [5.74, 6) is -0.474. The number of fused-ring (bicyclic) bond motifs is 1. The summed E-state index contributed by atoms with van der Waals surface area (Å²) >= 11 is 1.32. The second-order valence-electron chi connectivity index (χ2n) is 5.89. The molecule has 0 radical (unpaired) electrons. The maximum Gasteiger partial charge on any atom is 0.250 e. The standard InChI is InChI=1S/C16H21N3O2S/c1-16(14(20)17-8-11-19-9-4-5-10-19)15(21)18-12-6-2-3-7-13(12)22-16/h2-3,6-7H,4-5,8-11H2,1H3,(H,17,20)(H,18,21). The zero-order chi connectivity index (χ0) is 15.6. The van der Waals surface area contributed by atoms with Crippen molar-refractivity contribution in [1.82, 2.24) is 10.2 Å². The highest BCUT2D eigenvalue weighted by Gasteiger charge is 2.45. The van der Waals surface area contributed by atoms with Crippen LogP contribution in [-0.4, -0.2) is 47.6 Å². The molecule has 2 N–H and O–H groups in total. The minimum absolute atomic E-state index is 0.219. The summed E-state index contributed by atoms with van der Waals surface area (Å²) in [5.41, 5.74) is 0.778. The Morgan fingerprint density at radius 2 is 2.09 bits per heavy atom. The first-order valence-corrected chi connectivity index (χ1v) is 8.51. The number of nitrogens with zero attached hydrogens (tertiary/aromatic N) is 1. The van der Waals surface area contributed by atoms with Gasteiger partial charge in [-0.05, 0) is 45.0 Å². The van der Waals surface area contributed by atoms with Crippen molar-refractivity contribution < 1.29 is 9.59 Å². The molecule has 1 aromatic rings. The lowest BCUT2D eigenvalue weighted by Crippen LogP contribution is -2.53. The highest BCUT2D eigenvalue weighted by Crippen LogP contribution is 2.42. The molecule has 2 amide bonds. The third kappa shape index (κ3) is 2.98. The molecule has 2 heterocycles. The fourth-order valence-electron chi connectivity index (χ4n) is 2.82. The van der Waals surface area contributed by atoms with Gasteiger partial charge in [0.05, 0.1) is 5.69 Å². The van der Waals surface area contributed by atoms with Gasteiger partial charge in [-0.1, -0.05) is 23.9 Å². The third-order valence-corrected chi connectivity index (χ3v) is 5.58. The molecule has 2 aliphatic rings. The first-order chi connectivity index (χ1) is 10.6. The fourth-order valence-corrected chi connectivity index (χ4v) is 3.94. The number of para-hydroxylation sites is 1. The van der Waals surface area contributed by atoms with E-state index in [4.69, 9.17) is 0 Å². The number of carbonyl (C=O) groups excluding carboxylic acids is 2. The Bertz CT molecular complexity index is 587. The molecule has 1 atom stereocenters. The molecule has 1 saturated heterocycles. The monoisotopic (exact) mass is 319 g/mol. The molecule has 6 heteroatoms. The Labute approximate surface area is 134 Å². The molecule has 22 heavy (non-hydrogen) atoms. The molecular formula is C16H21N3O2S. The second-order valence-corrected chi connectivity index (χ2v) is 7.35. The number of hydrogen-bond acceptors (Lipinski definition) is 4. The van der Waals surface area contributed by atoms with Crippen LogP contribution in [0.2, 0.25) is 0 Å². The summed E-state index contributed by atoms with van der Waals surface area (Å²) in [5, 5.41) is 5.75. The number of thioether (sulfide) groups is 1. The van der Waals surface area contributed by atoms with Gasteiger partial charge in [0.25, 0.3) is 0 Å². The van der Waals surface area contributed by atoms with Crippen molar-refractivity contribution in [3.63, 3.8) is 0 Å². The van der Waals surface area contributed by atoms with Gasteiger partial charge in [0, 0.05) is 18.0 Å². The topological polar surface area (TPSA) is 61.4 Å². The van der Waals surface area contributed by atoms with Gasteiger partial charge in [0.2, 0.25) is 11.8 Å². The third-order valence-electron chi connectivity index (χ3n) is 4.23. The van der Waals surface area contributed by atoms with Gasteiger partial charge < -0.3 is 15.5 Å². The van der Waals surface area contributed by atoms with Crippen LogP contribution in [0.15, 0.2) is 29.2 Å². The van der Waals surface area contributed by atoms with Gasteiger partial charge >= 0.3 is 0 Å². The summed E-state index contributed by atoms with van der Waals surface area (Å²) in [6.07, 6.45) is 2.47. The summed E-state index contributed by atoms with van der Waals surface area (Å²) < 4.78 is -1.11. The van der Waals surface area contributed by atoms with Crippen LogP contribution in [0.4, 0.5) is 5.69 Å². The maximum atomic E-state index is 12.5. The van der Waals surface area contributed by atoms with E-state index in [1.54, 1.807) is 6.92 Å². The van der Waals surface area contributed by atoms with Crippen LogP contribution < -0.4 is 10.6 Å². The average molecular weight is 319 g/mol. The summed E-state index contributed by atoms with van der Waals surface area (Å²) in [6, 6.07) is 7.56. The molecule has 0 bridgehead atoms. The van der Waals surface area contributed by atoms with Gasteiger partial charge in [0.1, 0.15) is 0 Å². The SMILES string of the molecule is CC1(C(=O)NCCN2CCCC2)Sc2ccccc2NC1=O. The average Bonchev–Trinajstić information content (AvgIpc) is 3.01. The van der Waals surface area contributed by atoms with Gasteiger partial charge in [-0.25, -0.2) is 0 Å². The van der Waals surface area contributed by atoms with Crippen LogP contribution in [0.25, 0.3) is 0 Å². The minimum Gasteiger partial charge on any atom is -0.353 e. The Morgan fingerprint density at radius 3 is 2.86 bits per heavy atom. The van der Waals surface area contributed by atoms with E-state index in [1.165, 1.54) is 24.6 Å². The molecule has 118 valence electrons. The number of rotatable bonds is 4. The van der Waals surface area contributed by atoms with E-state index in [1.807, 2.05) is 24.3 Å². The maximum absolute atomic E-state index is 12.5. The van der Waals surface area contributed by atoms with Crippen LogP contribution in [0.1, 0.15) is 19.8 Å².